The highest BCUT2D eigenvalue weighted by Gasteiger charge is 2.33. The number of carbonyl (C=O) groups is 1. The van der Waals surface area contributed by atoms with Crippen molar-refractivity contribution in [2.24, 2.45) is 5.92 Å². The molecule has 2 fully saturated rings. The van der Waals surface area contributed by atoms with Crippen LogP contribution in [0.15, 0.2) is 0 Å². The first-order valence-corrected chi connectivity index (χ1v) is 10.3. The van der Waals surface area contributed by atoms with E-state index in [0.29, 0.717) is 12.6 Å². The number of hydrogen-bond acceptors (Lipinski definition) is 3. The lowest BCUT2D eigenvalue weighted by molar-refractivity contribution is 0.0735. The van der Waals surface area contributed by atoms with Crippen LogP contribution in [0.25, 0.3) is 0 Å². The number of hydrogen-bond donors (Lipinski definition) is 1. The van der Waals surface area contributed by atoms with Gasteiger partial charge in [0, 0.05) is 24.9 Å². The maximum absolute atomic E-state index is 12.0. The van der Waals surface area contributed by atoms with Gasteiger partial charge in [0.15, 0.2) is 0 Å². The summed E-state index contributed by atoms with van der Waals surface area (Å²) in [5.41, 5.74) is 0. The van der Waals surface area contributed by atoms with E-state index in [0.717, 1.165) is 37.7 Å². The van der Waals surface area contributed by atoms with Gasteiger partial charge >= 0.3 is 6.09 Å². The molecule has 0 unspecified atom stereocenters. The molecule has 2 rings (SSSR count). The van der Waals surface area contributed by atoms with E-state index < -0.39 is 10.0 Å². The molecule has 2 aliphatic heterocycles. The predicted octanol–water partition coefficient (Wildman–Crippen LogP) is 1.89. The second-order valence-corrected chi connectivity index (χ2v) is 11.2. The van der Waals surface area contributed by atoms with Crippen LogP contribution >= 0.6 is 10.0 Å². The summed E-state index contributed by atoms with van der Waals surface area (Å²) in [6.45, 7) is 3.35. The van der Waals surface area contributed by atoms with Gasteiger partial charge in [0.1, 0.15) is 6.61 Å². The minimum Gasteiger partial charge on any atom is -0.449 e. The fourth-order valence-electron chi connectivity index (χ4n) is 2.87. The molecule has 1 N–H and O–H groups in total. The van der Waals surface area contributed by atoms with E-state index in [-0.39, 0.29) is 6.09 Å². The standard InChI is InChI=1S/C14H28N2O2S/c1-19(2,3)10-9-18-14(17)16-8-6-12-5-4-7-15-13(12)11-16/h12-13,15H,4-11H2,1-3H3/t12-,13+/m1/s1. The monoisotopic (exact) mass is 288 g/mol. The van der Waals surface area contributed by atoms with Crippen LogP contribution in [0.2, 0.25) is 0 Å². The van der Waals surface area contributed by atoms with Crippen molar-refractivity contribution in [3.63, 3.8) is 0 Å². The lowest BCUT2D eigenvalue weighted by Crippen LogP contribution is -2.55. The molecular formula is C14H28N2O2S. The zero-order valence-corrected chi connectivity index (χ0v) is 13.3. The van der Waals surface area contributed by atoms with Crippen LogP contribution in [0.5, 0.6) is 0 Å². The fraction of sp³-hybridized carbons (Fsp3) is 0.929. The van der Waals surface area contributed by atoms with Crippen molar-refractivity contribution in [3.8, 4) is 0 Å². The number of nitrogens with one attached hydrogen (secondary N) is 1. The largest absolute Gasteiger partial charge is 0.449 e. The van der Waals surface area contributed by atoms with E-state index in [9.17, 15) is 4.79 Å². The van der Waals surface area contributed by atoms with Crippen molar-refractivity contribution >= 4 is 16.1 Å². The summed E-state index contributed by atoms with van der Waals surface area (Å²) >= 11 is 0. The van der Waals surface area contributed by atoms with Crippen molar-refractivity contribution in [3.05, 3.63) is 0 Å². The van der Waals surface area contributed by atoms with Gasteiger partial charge in [-0.15, -0.1) is 0 Å². The molecule has 0 aliphatic carbocycles. The molecule has 0 aromatic carbocycles. The Balaban J connectivity index is 1.74. The topological polar surface area (TPSA) is 41.6 Å². The third kappa shape index (κ3) is 4.56. The summed E-state index contributed by atoms with van der Waals surface area (Å²) in [6.07, 6.45) is 10.3. The van der Waals surface area contributed by atoms with E-state index in [2.05, 4.69) is 24.1 Å². The molecule has 4 nitrogen and oxygen atoms in total. The molecule has 0 aromatic rings. The molecule has 2 atom stereocenters. The molecule has 0 radical (unpaired) electrons. The van der Waals surface area contributed by atoms with Gasteiger partial charge in [-0.05, 0) is 50.5 Å². The van der Waals surface area contributed by atoms with Crippen molar-refractivity contribution < 1.29 is 9.53 Å². The van der Waals surface area contributed by atoms with Crippen LogP contribution in [0.1, 0.15) is 19.3 Å². The number of nitrogens with zero attached hydrogens (tertiary/aromatic N) is 1. The Bertz CT molecular complexity index is 317. The molecular weight excluding hydrogens is 260 g/mol. The Morgan fingerprint density at radius 3 is 2.89 bits per heavy atom. The van der Waals surface area contributed by atoms with Gasteiger partial charge in [-0.25, -0.2) is 14.8 Å². The van der Waals surface area contributed by atoms with Crippen LogP contribution in [-0.4, -0.2) is 67.8 Å². The van der Waals surface area contributed by atoms with Crippen molar-refractivity contribution in [2.45, 2.75) is 25.3 Å². The highest BCUT2D eigenvalue weighted by molar-refractivity contribution is 8.32. The zero-order chi connectivity index (χ0) is 13.9. The Labute approximate surface area is 118 Å². The minimum atomic E-state index is -0.578. The lowest BCUT2D eigenvalue weighted by Gasteiger charge is -2.41. The third-order valence-electron chi connectivity index (χ3n) is 4.09. The van der Waals surface area contributed by atoms with Crippen molar-refractivity contribution in [1.82, 2.24) is 10.2 Å². The average molecular weight is 288 g/mol. The molecule has 112 valence electrons. The quantitative estimate of drug-likeness (QED) is 0.862. The Hall–Kier alpha value is -0.420. The first kappa shape index (κ1) is 15.0. The molecule has 5 heteroatoms. The second kappa shape index (κ2) is 6.35. The molecule has 0 bridgehead atoms. The molecule has 1 amide bonds. The minimum absolute atomic E-state index is 0.116. The molecule has 19 heavy (non-hydrogen) atoms. The van der Waals surface area contributed by atoms with Gasteiger partial charge in [0.2, 0.25) is 0 Å². The number of rotatable bonds is 3. The zero-order valence-electron chi connectivity index (χ0n) is 12.5. The van der Waals surface area contributed by atoms with Gasteiger partial charge < -0.3 is 15.0 Å². The molecule has 2 heterocycles. The molecule has 0 spiro atoms. The van der Waals surface area contributed by atoms with Crippen LogP contribution in [0, 0.1) is 5.92 Å². The van der Waals surface area contributed by atoms with Gasteiger partial charge in [-0.2, -0.15) is 0 Å². The summed E-state index contributed by atoms with van der Waals surface area (Å²) < 4.78 is 5.42. The summed E-state index contributed by atoms with van der Waals surface area (Å²) in [5.74, 6) is 1.76. The normalized spacial score (nSPS) is 28.7. The summed E-state index contributed by atoms with van der Waals surface area (Å²) in [5, 5.41) is 3.54. The van der Waals surface area contributed by atoms with E-state index in [1.807, 2.05) is 4.90 Å². The van der Waals surface area contributed by atoms with Gasteiger partial charge in [0.05, 0.1) is 0 Å². The van der Waals surface area contributed by atoms with Crippen LogP contribution in [-0.2, 0) is 4.74 Å². The van der Waals surface area contributed by atoms with Gasteiger partial charge in [0.25, 0.3) is 0 Å². The van der Waals surface area contributed by atoms with Crippen LogP contribution < -0.4 is 5.32 Å². The smallest absolute Gasteiger partial charge is 0.409 e. The number of carbonyl (C=O) groups excluding carboxylic acids is 1. The molecule has 0 aromatic heterocycles. The number of fused-ring (bicyclic) bond motifs is 1. The maximum Gasteiger partial charge on any atom is 0.409 e. The van der Waals surface area contributed by atoms with Crippen LogP contribution in [0.4, 0.5) is 4.79 Å². The van der Waals surface area contributed by atoms with Gasteiger partial charge in [-0.1, -0.05) is 0 Å². The SMILES string of the molecule is CS(C)(C)CCOC(=O)N1CC[C@H]2CCCN[C@H]2C1. The fourth-order valence-corrected chi connectivity index (χ4v) is 3.45. The lowest BCUT2D eigenvalue weighted by atomic mass is 9.85. The Morgan fingerprint density at radius 2 is 2.16 bits per heavy atom. The van der Waals surface area contributed by atoms with E-state index in [1.54, 1.807) is 0 Å². The van der Waals surface area contributed by atoms with Crippen molar-refractivity contribution in [2.75, 3.05) is 50.8 Å². The first-order chi connectivity index (χ1) is 8.96. The number of amides is 1. The molecule has 2 aliphatic rings. The van der Waals surface area contributed by atoms with Crippen molar-refractivity contribution in [1.29, 1.82) is 0 Å². The number of piperidine rings is 2. The van der Waals surface area contributed by atoms with E-state index in [1.165, 1.54) is 12.8 Å². The summed E-state index contributed by atoms with van der Waals surface area (Å²) in [6, 6.07) is 0.489. The number of likely N-dealkylation sites (tertiary alicyclic amines) is 1. The Morgan fingerprint density at radius 1 is 1.37 bits per heavy atom. The summed E-state index contributed by atoms with van der Waals surface area (Å²) in [4.78, 5) is 13.9. The molecule has 0 saturated carbocycles. The van der Waals surface area contributed by atoms with Crippen LogP contribution in [0.3, 0.4) is 0 Å². The average Bonchev–Trinajstić information content (AvgIpc) is 2.36. The predicted molar refractivity (Wildman–Crippen MR) is 82.3 cm³/mol. The molecule has 2 saturated heterocycles. The third-order valence-corrected chi connectivity index (χ3v) is 5.48. The number of ether oxygens (including phenoxy) is 1. The maximum atomic E-state index is 12.0. The Kier molecular flexibility index (Phi) is 5.01. The highest BCUT2D eigenvalue weighted by atomic mass is 32.3. The van der Waals surface area contributed by atoms with E-state index in [4.69, 9.17) is 4.74 Å². The first-order valence-electron chi connectivity index (χ1n) is 7.27. The van der Waals surface area contributed by atoms with Gasteiger partial charge in [-0.3, -0.25) is 0 Å². The highest BCUT2D eigenvalue weighted by Crippen LogP contribution is 2.33. The van der Waals surface area contributed by atoms with E-state index >= 15 is 0 Å². The summed E-state index contributed by atoms with van der Waals surface area (Å²) in [7, 11) is -0.578. The second-order valence-electron chi connectivity index (χ2n) is 6.61.